The van der Waals surface area contributed by atoms with Crippen LogP contribution in [0.4, 0.5) is 5.69 Å². The van der Waals surface area contributed by atoms with E-state index in [1.165, 1.54) is 0 Å². The lowest BCUT2D eigenvalue weighted by Crippen LogP contribution is -2.18. The number of benzene rings is 1. The lowest BCUT2D eigenvalue weighted by molar-refractivity contribution is 0.416. The zero-order valence-corrected chi connectivity index (χ0v) is 11.1. The maximum Gasteiger partial charge on any atom is 0.152 e. The first-order valence-electron chi connectivity index (χ1n) is 5.66. The molecule has 0 heterocycles. The van der Waals surface area contributed by atoms with Gasteiger partial charge in [-0.25, -0.2) is 8.42 Å². The van der Waals surface area contributed by atoms with Crippen LogP contribution in [-0.4, -0.2) is 33.6 Å². The first-order valence-corrected chi connectivity index (χ1v) is 7.48. The van der Waals surface area contributed by atoms with Gasteiger partial charge in [-0.05, 0) is 18.6 Å². The maximum atomic E-state index is 11.5. The number of hydrogen-bond acceptors (Lipinski definition) is 4. The summed E-state index contributed by atoms with van der Waals surface area (Å²) in [5.41, 5.74) is 0.821. The van der Waals surface area contributed by atoms with Gasteiger partial charge in [-0.15, -0.1) is 0 Å². The molecule has 5 heteroatoms. The molecule has 0 aromatic heterocycles. The van der Waals surface area contributed by atoms with E-state index in [9.17, 15) is 8.42 Å². The molecule has 0 spiro atoms. The second-order valence-electron chi connectivity index (χ2n) is 3.78. The molecular weight excluding hydrogens is 238 g/mol. The number of anilines is 1. The summed E-state index contributed by atoms with van der Waals surface area (Å²) in [5, 5.41) is 3.07. The van der Waals surface area contributed by atoms with Crippen molar-refractivity contribution in [2.24, 2.45) is 0 Å². The van der Waals surface area contributed by atoms with Gasteiger partial charge in [0.15, 0.2) is 9.84 Å². The second-order valence-corrected chi connectivity index (χ2v) is 6.08. The summed E-state index contributed by atoms with van der Waals surface area (Å²) in [6.07, 6.45) is 0.664. The Labute approximate surface area is 103 Å². The van der Waals surface area contributed by atoms with Crippen molar-refractivity contribution in [3.8, 4) is 5.75 Å². The largest absolute Gasteiger partial charge is 0.495 e. The van der Waals surface area contributed by atoms with Gasteiger partial charge in [0.25, 0.3) is 0 Å². The average molecular weight is 257 g/mol. The van der Waals surface area contributed by atoms with Crippen molar-refractivity contribution in [2.45, 2.75) is 13.3 Å². The van der Waals surface area contributed by atoms with Crippen LogP contribution in [0.2, 0.25) is 0 Å². The van der Waals surface area contributed by atoms with E-state index in [2.05, 4.69) is 5.32 Å². The van der Waals surface area contributed by atoms with Gasteiger partial charge in [-0.2, -0.15) is 0 Å². The monoisotopic (exact) mass is 257 g/mol. The quantitative estimate of drug-likeness (QED) is 0.811. The minimum Gasteiger partial charge on any atom is -0.495 e. The fraction of sp³-hybridized carbons (Fsp3) is 0.500. The van der Waals surface area contributed by atoms with Gasteiger partial charge in [-0.3, -0.25) is 0 Å². The Morgan fingerprint density at radius 1 is 1.24 bits per heavy atom. The van der Waals surface area contributed by atoms with E-state index in [-0.39, 0.29) is 11.5 Å². The van der Waals surface area contributed by atoms with Gasteiger partial charge in [0.2, 0.25) is 0 Å². The van der Waals surface area contributed by atoms with Crippen LogP contribution >= 0.6 is 0 Å². The van der Waals surface area contributed by atoms with E-state index < -0.39 is 9.84 Å². The van der Waals surface area contributed by atoms with E-state index in [1.54, 1.807) is 7.11 Å². The molecule has 0 aliphatic carbocycles. The topological polar surface area (TPSA) is 55.4 Å². The Morgan fingerprint density at radius 3 is 2.59 bits per heavy atom. The van der Waals surface area contributed by atoms with Crippen molar-refractivity contribution < 1.29 is 13.2 Å². The fourth-order valence-corrected chi connectivity index (χ4v) is 2.78. The van der Waals surface area contributed by atoms with Crippen LogP contribution in [0.1, 0.15) is 13.3 Å². The Kier molecular flexibility index (Phi) is 5.28. The van der Waals surface area contributed by atoms with E-state index in [1.807, 2.05) is 31.2 Å². The van der Waals surface area contributed by atoms with Crippen molar-refractivity contribution in [2.75, 3.05) is 30.5 Å². The Morgan fingerprint density at radius 2 is 1.94 bits per heavy atom. The highest BCUT2D eigenvalue weighted by Gasteiger charge is 2.09. The first-order chi connectivity index (χ1) is 8.09. The normalized spacial score (nSPS) is 11.2. The van der Waals surface area contributed by atoms with E-state index in [4.69, 9.17) is 4.74 Å². The third-order valence-corrected chi connectivity index (χ3v) is 4.21. The number of ether oxygens (including phenoxy) is 1. The molecule has 0 unspecified atom stereocenters. The smallest absolute Gasteiger partial charge is 0.152 e. The molecule has 1 N–H and O–H groups in total. The zero-order valence-electron chi connectivity index (χ0n) is 10.3. The summed E-state index contributed by atoms with van der Waals surface area (Å²) in [6.45, 7) is 2.27. The molecule has 0 aliphatic heterocycles. The van der Waals surface area contributed by atoms with Crippen molar-refractivity contribution in [1.82, 2.24) is 0 Å². The number of nitrogens with one attached hydrogen (secondary N) is 1. The molecule has 1 rings (SSSR count). The Hall–Kier alpha value is -1.23. The van der Waals surface area contributed by atoms with Gasteiger partial charge in [0.1, 0.15) is 5.75 Å². The van der Waals surface area contributed by atoms with E-state index in [0.717, 1.165) is 11.4 Å². The summed E-state index contributed by atoms with van der Waals surface area (Å²) in [6, 6.07) is 7.46. The zero-order chi connectivity index (χ0) is 12.7. The molecule has 0 aliphatic rings. The Balaban J connectivity index is 2.51. The Bertz CT molecular complexity index is 443. The molecule has 1 aromatic carbocycles. The number of sulfone groups is 1. The lowest BCUT2D eigenvalue weighted by Gasteiger charge is -2.10. The molecule has 0 saturated heterocycles. The number of para-hydroxylation sites is 2. The molecule has 0 radical (unpaired) electrons. The third-order valence-electron chi connectivity index (χ3n) is 2.35. The van der Waals surface area contributed by atoms with Gasteiger partial charge in [-0.1, -0.05) is 19.1 Å². The van der Waals surface area contributed by atoms with Gasteiger partial charge in [0, 0.05) is 12.3 Å². The molecule has 96 valence electrons. The average Bonchev–Trinajstić information content (AvgIpc) is 2.29. The minimum atomic E-state index is -2.92. The molecule has 0 saturated carbocycles. The first kappa shape index (κ1) is 13.8. The predicted octanol–water partition coefficient (Wildman–Crippen LogP) is 1.93. The summed E-state index contributed by atoms with van der Waals surface area (Å²) < 4.78 is 28.2. The van der Waals surface area contributed by atoms with Crippen molar-refractivity contribution in [1.29, 1.82) is 0 Å². The minimum absolute atomic E-state index is 0.152. The lowest BCUT2D eigenvalue weighted by atomic mass is 10.3. The summed E-state index contributed by atoms with van der Waals surface area (Å²) >= 11 is 0. The van der Waals surface area contributed by atoms with Crippen LogP contribution < -0.4 is 10.1 Å². The molecule has 0 fully saturated rings. The molecular formula is C12H19NO3S. The summed E-state index contributed by atoms with van der Waals surface area (Å²) in [4.78, 5) is 0. The highest BCUT2D eigenvalue weighted by Crippen LogP contribution is 2.22. The van der Waals surface area contributed by atoms with Gasteiger partial charge in [0.05, 0.1) is 18.6 Å². The SMILES string of the molecule is CCCS(=O)(=O)CCNc1ccccc1OC. The van der Waals surface area contributed by atoms with Crippen LogP contribution in [0.15, 0.2) is 24.3 Å². The second kappa shape index (κ2) is 6.49. The van der Waals surface area contributed by atoms with Gasteiger partial charge < -0.3 is 10.1 Å². The molecule has 17 heavy (non-hydrogen) atoms. The molecule has 0 amide bonds. The van der Waals surface area contributed by atoms with Crippen molar-refractivity contribution in [3.05, 3.63) is 24.3 Å². The highest BCUT2D eigenvalue weighted by molar-refractivity contribution is 7.91. The highest BCUT2D eigenvalue weighted by atomic mass is 32.2. The van der Waals surface area contributed by atoms with Crippen LogP contribution in [0.25, 0.3) is 0 Å². The van der Waals surface area contributed by atoms with E-state index in [0.29, 0.717) is 13.0 Å². The summed E-state index contributed by atoms with van der Waals surface area (Å²) in [7, 11) is -1.33. The molecule has 0 bridgehead atoms. The summed E-state index contributed by atoms with van der Waals surface area (Å²) in [5.74, 6) is 1.12. The van der Waals surface area contributed by atoms with Crippen LogP contribution in [0, 0.1) is 0 Å². The standard InChI is InChI=1S/C12H19NO3S/c1-3-9-17(14,15)10-8-13-11-6-4-5-7-12(11)16-2/h4-7,13H,3,8-10H2,1-2H3. The van der Waals surface area contributed by atoms with Crippen LogP contribution in [0.5, 0.6) is 5.75 Å². The number of rotatable bonds is 7. The predicted molar refractivity (Wildman–Crippen MR) is 70.4 cm³/mol. The molecule has 1 aromatic rings. The third kappa shape index (κ3) is 4.65. The van der Waals surface area contributed by atoms with Crippen LogP contribution in [0.3, 0.4) is 0 Å². The van der Waals surface area contributed by atoms with Crippen LogP contribution in [-0.2, 0) is 9.84 Å². The molecule has 0 atom stereocenters. The van der Waals surface area contributed by atoms with E-state index >= 15 is 0 Å². The van der Waals surface area contributed by atoms with Crippen molar-refractivity contribution in [3.63, 3.8) is 0 Å². The van der Waals surface area contributed by atoms with Crippen molar-refractivity contribution >= 4 is 15.5 Å². The molecule has 4 nitrogen and oxygen atoms in total. The maximum absolute atomic E-state index is 11.5. The van der Waals surface area contributed by atoms with Gasteiger partial charge >= 0.3 is 0 Å². The fourth-order valence-electron chi connectivity index (χ4n) is 1.54. The number of hydrogen-bond donors (Lipinski definition) is 1. The number of methoxy groups -OCH3 is 1.